The van der Waals surface area contributed by atoms with Gasteiger partial charge in [0.25, 0.3) is 0 Å². The molecule has 3 nitrogen and oxygen atoms in total. The monoisotopic (exact) mass is 318 g/mol. The Morgan fingerprint density at radius 2 is 1.32 bits per heavy atom. The first-order valence-electron chi connectivity index (χ1n) is 7.52. The van der Waals surface area contributed by atoms with E-state index in [-0.39, 0.29) is 4.90 Å². The van der Waals surface area contributed by atoms with Gasteiger partial charge >= 0.3 is 0 Å². The third kappa shape index (κ3) is 3.33. The minimum Gasteiger partial charge on any atom is -0.497 e. The lowest BCUT2D eigenvalue weighted by Crippen LogP contribution is -2.03. The molecule has 2 aromatic rings. The summed E-state index contributed by atoms with van der Waals surface area (Å²) < 4.78 is 30.3. The van der Waals surface area contributed by atoms with E-state index in [1.807, 2.05) is 12.1 Å². The fourth-order valence-corrected chi connectivity index (χ4v) is 3.83. The number of ether oxygens (including phenoxy) is 1. The van der Waals surface area contributed by atoms with Gasteiger partial charge in [-0.3, -0.25) is 0 Å². The molecule has 0 radical (unpaired) electrons. The van der Waals surface area contributed by atoms with Crippen molar-refractivity contribution >= 4 is 9.84 Å². The lowest BCUT2D eigenvalue weighted by molar-refractivity contribution is 0.414. The summed E-state index contributed by atoms with van der Waals surface area (Å²) in [7, 11) is -1.92. The Morgan fingerprint density at radius 3 is 1.73 bits per heavy atom. The third-order valence-electron chi connectivity index (χ3n) is 4.02. The number of methoxy groups -OCH3 is 1. The molecule has 0 fully saturated rings. The van der Waals surface area contributed by atoms with Crippen LogP contribution in [0.2, 0.25) is 0 Å². The van der Waals surface area contributed by atoms with Crippen LogP contribution in [0.15, 0.2) is 58.3 Å². The van der Waals surface area contributed by atoms with Gasteiger partial charge in [0.2, 0.25) is 9.84 Å². The maximum atomic E-state index is 12.6. The highest BCUT2D eigenvalue weighted by Crippen LogP contribution is 2.27. The van der Waals surface area contributed by atoms with E-state index >= 15 is 0 Å². The summed E-state index contributed by atoms with van der Waals surface area (Å²) in [6.45, 7) is 4.30. The second-order valence-corrected chi connectivity index (χ2v) is 7.21. The predicted molar refractivity (Wildman–Crippen MR) is 88.2 cm³/mol. The van der Waals surface area contributed by atoms with Crippen LogP contribution < -0.4 is 4.74 Å². The van der Waals surface area contributed by atoms with Crippen molar-refractivity contribution in [2.24, 2.45) is 0 Å². The molecule has 0 aromatic heterocycles. The number of hydrogen-bond acceptors (Lipinski definition) is 3. The Hall–Kier alpha value is -1.81. The molecule has 2 rings (SSSR count). The molecule has 0 aliphatic rings. The van der Waals surface area contributed by atoms with Crippen molar-refractivity contribution in [3.8, 4) is 5.75 Å². The highest BCUT2D eigenvalue weighted by Gasteiger charge is 2.18. The maximum Gasteiger partial charge on any atom is 0.206 e. The Bertz CT molecular complexity index is 697. The smallest absolute Gasteiger partial charge is 0.206 e. The summed E-state index contributed by atoms with van der Waals surface area (Å²) >= 11 is 0. The molecule has 22 heavy (non-hydrogen) atoms. The highest BCUT2D eigenvalue weighted by molar-refractivity contribution is 7.91. The van der Waals surface area contributed by atoms with Gasteiger partial charge in [-0.15, -0.1) is 0 Å². The molecule has 0 unspecified atom stereocenters. The van der Waals surface area contributed by atoms with E-state index < -0.39 is 9.84 Å². The Labute approximate surface area is 132 Å². The van der Waals surface area contributed by atoms with Gasteiger partial charge in [-0.2, -0.15) is 0 Å². The summed E-state index contributed by atoms with van der Waals surface area (Å²) in [6, 6.07) is 13.7. The van der Waals surface area contributed by atoms with Crippen molar-refractivity contribution in [3.05, 3.63) is 54.1 Å². The summed E-state index contributed by atoms with van der Waals surface area (Å²) in [6.07, 6.45) is 2.11. The number of hydrogen-bond donors (Lipinski definition) is 0. The molecular weight excluding hydrogens is 296 g/mol. The average Bonchev–Trinajstić information content (AvgIpc) is 2.56. The molecule has 0 N–H and O–H groups in total. The predicted octanol–water partition coefficient (Wildman–Crippen LogP) is 4.43. The van der Waals surface area contributed by atoms with Gasteiger partial charge in [0.15, 0.2) is 0 Å². The van der Waals surface area contributed by atoms with Gasteiger partial charge in [0.1, 0.15) is 5.75 Å². The first-order chi connectivity index (χ1) is 10.5. The summed E-state index contributed by atoms with van der Waals surface area (Å²) in [5, 5.41) is 0. The molecule has 118 valence electrons. The lowest BCUT2D eigenvalue weighted by Gasteiger charge is -2.13. The lowest BCUT2D eigenvalue weighted by atomic mass is 9.94. The largest absolute Gasteiger partial charge is 0.497 e. The molecule has 0 heterocycles. The van der Waals surface area contributed by atoms with Crippen LogP contribution in [0, 0.1) is 0 Å². The Balaban J connectivity index is 2.32. The summed E-state index contributed by atoms with van der Waals surface area (Å²) in [5.41, 5.74) is 1.19. The maximum absolute atomic E-state index is 12.6. The highest BCUT2D eigenvalue weighted by atomic mass is 32.2. The fraction of sp³-hybridized carbons (Fsp3) is 0.333. The van der Waals surface area contributed by atoms with Crippen LogP contribution in [0.5, 0.6) is 5.75 Å². The van der Waals surface area contributed by atoms with Crippen molar-refractivity contribution in [2.75, 3.05) is 7.11 Å². The van der Waals surface area contributed by atoms with Gasteiger partial charge < -0.3 is 4.74 Å². The van der Waals surface area contributed by atoms with Crippen LogP contribution in [0.4, 0.5) is 0 Å². The van der Waals surface area contributed by atoms with E-state index in [1.54, 1.807) is 43.5 Å². The van der Waals surface area contributed by atoms with Crippen molar-refractivity contribution in [2.45, 2.75) is 42.4 Å². The number of rotatable bonds is 6. The molecule has 0 bridgehead atoms. The van der Waals surface area contributed by atoms with Crippen LogP contribution in [0.3, 0.4) is 0 Å². The van der Waals surface area contributed by atoms with Crippen LogP contribution in [0.25, 0.3) is 0 Å². The van der Waals surface area contributed by atoms with Crippen molar-refractivity contribution in [1.82, 2.24) is 0 Å². The van der Waals surface area contributed by atoms with Crippen LogP contribution >= 0.6 is 0 Å². The zero-order chi connectivity index (χ0) is 16.2. The van der Waals surface area contributed by atoms with Gasteiger partial charge in [0.05, 0.1) is 16.9 Å². The van der Waals surface area contributed by atoms with E-state index in [0.717, 1.165) is 12.8 Å². The van der Waals surface area contributed by atoms with Gasteiger partial charge in [-0.1, -0.05) is 26.0 Å². The summed E-state index contributed by atoms with van der Waals surface area (Å²) in [5.74, 6) is 1.13. The molecule has 2 aromatic carbocycles. The van der Waals surface area contributed by atoms with Crippen LogP contribution in [-0.4, -0.2) is 15.5 Å². The van der Waals surface area contributed by atoms with Crippen LogP contribution in [0.1, 0.15) is 38.2 Å². The van der Waals surface area contributed by atoms with E-state index in [1.165, 1.54) is 5.56 Å². The fourth-order valence-electron chi connectivity index (χ4n) is 2.57. The summed E-state index contributed by atoms with van der Waals surface area (Å²) in [4.78, 5) is 0.607. The molecule has 0 atom stereocenters. The molecule has 0 saturated carbocycles. The standard InChI is InChI=1S/C18H22O3S/c1-4-14(5-2)15-6-10-17(11-7-15)22(19,20)18-12-8-16(21-3)9-13-18/h6-14H,4-5H2,1-3H3. The first kappa shape index (κ1) is 16.6. The Morgan fingerprint density at radius 1 is 0.864 bits per heavy atom. The first-order valence-corrected chi connectivity index (χ1v) is 9.00. The zero-order valence-corrected chi connectivity index (χ0v) is 14.1. The van der Waals surface area contributed by atoms with Crippen molar-refractivity contribution in [1.29, 1.82) is 0 Å². The molecule has 0 amide bonds. The molecule has 0 aliphatic heterocycles. The average molecular weight is 318 g/mol. The molecule has 0 spiro atoms. The Kier molecular flexibility index (Phi) is 5.24. The van der Waals surface area contributed by atoms with Crippen molar-refractivity contribution < 1.29 is 13.2 Å². The molecular formula is C18H22O3S. The van der Waals surface area contributed by atoms with E-state index in [0.29, 0.717) is 16.6 Å². The quantitative estimate of drug-likeness (QED) is 0.791. The number of benzene rings is 2. The topological polar surface area (TPSA) is 43.4 Å². The second kappa shape index (κ2) is 6.97. The third-order valence-corrected chi connectivity index (χ3v) is 5.80. The van der Waals surface area contributed by atoms with Crippen molar-refractivity contribution in [3.63, 3.8) is 0 Å². The zero-order valence-electron chi connectivity index (χ0n) is 13.2. The molecule has 0 aliphatic carbocycles. The van der Waals surface area contributed by atoms with Gasteiger partial charge in [0, 0.05) is 0 Å². The minimum absolute atomic E-state index is 0.281. The second-order valence-electron chi connectivity index (χ2n) is 5.26. The van der Waals surface area contributed by atoms with E-state index in [2.05, 4.69) is 13.8 Å². The van der Waals surface area contributed by atoms with E-state index in [9.17, 15) is 8.42 Å². The SMILES string of the molecule is CCC(CC)c1ccc(S(=O)(=O)c2ccc(OC)cc2)cc1. The van der Waals surface area contributed by atoms with Gasteiger partial charge in [-0.25, -0.2) is 8.42 Å². The van der Waals surface area contributed by atoms with Gasteiger partial charge in [-0.05, 0) is 60.7 Å². The number of sulfone groups is 1. The van der Waals surface area contributed by atoms with E-state index in [4.69, 9.17) is 4.74 Å². The molecule has 0 saturated heterocycles. The normalized spacial score (nSPS) is 11.6. The molecule has 4 heteroatoms. The van der Waals surface area contributed by atoms with Crippen LogP contribution in [-0.2, 0) is 9.84 Å². The minimum atomic E-state index is -3.48.